The number of piperidine rings is 2. The molecule has 0 spiro atoms. The van der Waals surface area contributed by atoms with Crippen LogP contribution in [0.15, 0.2) is 0 Å². The third-order valence-corrected chi connectivity index (χ3v) is 5.53. The second-order valence-corrected chi connectivity index (χ2v) is 6.49. The van der Waals surface area contributed by atoms with E-state index in [4.69, 9.17) is 0 Å². The van der Waals surface area contributed by atoms with Crippen LogP contribution in [0.4, 0.5) is 0 Å². The Labute approximate surface area is 98.2 Å². The lowest BCUT2D eigenvalue weighted by Crippen LogP contribution is -2.63. The molecular formula is C13H23N3. The Hall–Kier alpha value is -0.120. The van der Waals surface area contributed by atoms with Gasteiger partial charge in [0.15, 0.2) is 0 Å². The molecule has 4 fully saturated rings. The average molecular weight is 221 g/mol. The van der Waals surface area contributed by atoms with Gasteiger partial charge >= 0.3 is 0 Å². The maximum absolute atomic E-state index is 3.55. The molecule has 0 radical (unpaired) electrons. The van der Waals surface area contributed by atoms with E-state index in [9.17, 15) is 0 Å². The van der Waals surface area contributed by atoms with Gasteiger partial charge in [-0.2, -0.15) is 0 Å². The maximum atomic E-state index is 3.55. The first-order valence-corrected chi connectivity index (χ1v) is 6.96. The van der Waals surface area contributed by atoms with E-state index in [2.05, 4.69) is 22.2 Å². The standard InChI is InChI=1S/C13H23N3/c1-15-6-10-11(7-15)12(10)8-16-5-9-2-3-14-4-13(9)16/h9-14H,2-8H2,1H3. The fourth-order valence-corrected chi connectivity index (χ4v) is 4.45. The van der Waals surface area contributed by atoms with E-state index in [-0.39, 0.29) is 0 Å². The lowest BCUT2D eigenvalue weighted by atomic mass is 9.83. The van der Waals surface area contributed by atoms with E-state index in [1.807, 2.05) is 0 Å². The summed E-state index contributed by atoms with van der Waals surface area (Å²) in [5, 5.41) is 3.55. The molecule has 3 heteroatoms. The van der Waals surface area contributed by atoms with Crippen molar-refractivity contribution >= 4 is 0 Å². The molecule has 4 aliphatic rings. The zero-order valence-electron chi connectivity index (χ0n) is 10.2. The van der Waals surface area contributed by atoms with Crippen molar-refractivity contribution in [3.8, 4) is 0 Å². The van der Waals surface area contributed by atoms with Crippen molar-refractivity contribution in [1.82, 2.24) is 15.1 Å². The van der Waals surface area contributed by atoms with Gasteiger partial charge in [-0.05, 0) is 43.7 Å². The molecule has 3 nitrogen and oxygen atoms in total. The molecule has 16 heavy (non-hydrogen) atoms. The zero-order valence-corrected chi connectivity index (χ0v) is 10.2. The first-order valence-electron chi connectivity index (χ1n) is 6.96. The van der Waals surface area contributed by atoms with Gasteiger partial charge in [-0.1, -0.05) is 0 Å². The molecule has 3 saturated heterocycles. The second-order valence-electron chi connectivity index (χ2n) is 6.49. The fraction of sp³-hybridized carbons (Fsp3) is 1.00. The minimum absolute atomic E-state index is 0.896. The molecule has 0 aromatic heterocycles. The van der Waals surface area contributed by atoms with Gasteiger partial charge in [-0.15, -0.1) is 0 Å². The highest BCUT2D eigenvalue weighted by Gasteiger charge is 2.56. The third kappa shape index (κ3) is 1.38. The summed E-state index contributed by atoms with van der Waals surface area (Å²) in [6.07, 6.45) is 1.42. The van der Waals surface area contributed by atoms with Gasteiger partial charge in [0.25, 0.3) is 0 Å². The minimum Gasteiger partial charge on any atom is -0.315 e. The molecule has 4 unspecified atom stereocenters. The summed E-state index contributed by atoms with van der Waals surface area (Å²) in [7, 11) is 2.27. The molecule has 4 rings (SSSR count). The summed E-state index contributed by atoms with van der Waals surface area (Å²) in [6, 6.07) is 0.896. The third-order valence-electron chi connectivity index (χ3n) is 5.53. The van der Waals surface area contributed by atoms with E-state index >= 15 is 0 Å². The van der Waals surface area contributed by atoms with E-state index in [0.29, 0.717) is 0 Å². The van der Waals surface area contributed by atoms with Gasteiger partial charge in [0.05, 0.1) is 0 Å². The van der Waals surface area contributed by atoms with Crippen molar-refractivity contribution < 1.29 is 0 Å². The molecule has 1 saturated carbocycles. The van der Waals surface area contributed by atoms with Gasteiger partial charge in [0.1, 0.15) is 0 Å². The summed E-state index contributed by atoms with van der Waals surface area (Å²) in [5.74, 6) is 4.20. The van der Waals surface area contributed by atoms with Crippen LogP contribution in [0.3, 0.4) is 0 Å². The smallest absolute Gasteiger partial charge is 0.0261 e. The van der Waals surface area contributed by atoms with E-state index in [1.54, 1.807) is 0 Å². The summed E-state index contributed by atoms with van der Waals surface area (Å²) in [4.78, 5) is 5.27. The topological polar surface area (TPSA) is 18.5 Å². The predicted molar refractivity (Wildman–Crippen MR) is 64.3 cm³/mol. The van der Waals surface area contributed by atoms with Crippen LogP contribution in [0.25, 0.3) is 0 Å². The van der Waals surface area contributed by atoms with Crippen molar-refractivity contribution in [1.29, 1.82) is 0 Å². The van der Waals surface area contributed by atoms with Crippen LogP contribution in [0.1, 0.15) is 6.42 Å². The number of likely N-dealkylation sites (tertiary alicyclic amines) is 2. The zero-order chi connectivity index (χ0) is 10.7. The highest BCUT2D eigenvalue weighted by atomic mass is 15.3. The van der Waals surface area contributed by atoms with Crippen molar-refractivity contribution in [2.24, 2.45) is 23.7 Å². The quantitative estimate of drug-likeness (QED) is 0.713. The molecule has 90 valence electrons. The van der Waals surface area contributed by atoms with Crippen LogP contribution < -0.4 is 5.32 Å². The van der Waals surface area contributed by atoms with Crippen LogP contribution in [-0.2, 0) is 0 Å². The van der Waals surface area contributed by atoms with Crippen LogP contribution in [-0.4, -0.2) is 62.2 Å². The van der Waals surface area contributed by atoms with E-state index in [1.165, 1.54) is 45.7 Å². The fourth-order valence-electron chi connectivity index (χ4n) is 4.45. The maximum Gasteiger partial charge on any atom is 0.0261 e. The summed E-state index contributed by atoms with van der Waals surface area (Å²) < 4.78 is 0. The molecule has 0 amide bonds. The predicted octanol–water partition coefficient (Wildman–Crippen LogP) is 0.0877. The Kier molecular flexibility index (Phi) is 2.12. The first kappa shape index (κ1) is 9.86. The van der Waals surface area contributed by atoms with Crippen LogP contribution in [0.5, 0.6) is 0 Å². The van der Waals surface area contributed by atoms with Gasteiger partial charge in [-0.3, -0.25) is 4.90 Å². The summed E-state index contributed by atoms with van der Waals surface area (Å²) in [6.45, 7) is 8.07. The largest absolute Gasteiger partial charge is 0.315 e. The molecule has 0 bridgehead atoms. The minimum atomic E-state index is 0.896. The number of nitrogens with zero attached hydrogens (tertiary/aromatic N) is 2. The molecule has 1 N–H and O–H groups in total. The monoisotopic (exact) mass is 221 g/mol. The highest BCUT2D eigenvalue weighted by Crippen LogP contribution is 2.52. The van der Waals surface area contributed by atoms with Gasteiger partial charge in [0.2, 0.25) is 0 Å². The molecule has 3 aliphatic heterocycles. The Morgan fingerprint density at radius 3 is 2.75 bits per heavy atom. The number of hydrogen-bond acceptors (Lipinski definition) is 3. The lowest BCUT2D eigenvalue weighted by Gasteiger charge is -2.51. The van der Waals surface area contributed by atoms with Gasteiger partial charge in [0, 0.05) is 38.8 Å². The van der Waals surface area contributed by atoms with Crippen LogP contribution >= 0.6 is 0 Å². The van der Waals surface area contributed by atoms with E-state index in [0.717, 1.165) is 29.7 Å². The summed E-state index contributed by atoms with van der Waals surface area (Å²) in [5.41, 5.74) is 0. The Morgan fingerprint density at radius 1 is 1.19 bits per heavy atom. The Morgan fingerprint density at radius 2 is 2.00 bits per heavy atom. The van der Waals surface area contributed by atoms with Crippen LogP contribution in [0, 0.1) is 23.7 Å². The Bertz CT molecular complexity index is 281. The lowest BCUT2D eigenvalue weighted by molar-refractivity contribution is -0.0110. The molecule has 3 heterocycles. The number of hydrogen-bond donors (Lipinski definition) is 1. The van der Waals surface area contributed by atoms with Crippen molar-refractivity contribution in [3.05, 3.63) is 0 Å². The first-order chi connectivity index (χ1) is 7.83. The molecule has 0 aromatic rings. The highest BCUT2D eigenvalue weighted by molar-refractivity contribution is 5.07. The molecule has 4 atom stereocenters. The van der Waals surface area contributed by atoms with Crippen LogP contribution in [0.2, 0.25) is 0 Å². The number of nitrogens with one attached hydrogen (secondary N) is 1. The van der Waals surface area contributed by atoms with E-state index < -0.39 is 0 Å². The number of rotatable bonds is 2. The molecule has 1 aliphatic carbocycles. The molecular weight excluding hydrogens is 198 g/mol. The summed E-state index contributed by atoms with van der Waals surface area (Å²) >= 11 is 0. The second kappa shape index (κ2) is 3.44. The Balaban J connectivity index is 1.31. The number of fused-ring (bicyclic) bond motifs is 2. The SMILES string of the molecule is CN1CC2C(C1)C2CN1CC2CCNCC21. The van der Waals surface area contributed by atoms with Gasteiger partial charge < -0.3 is 10.2 Å². The van der Waals surface area contributed by atoms with Crippen molar-refractivity contribution in [2.75, 3.05) is 46.3 Å². The normalized spacial score (nSPS) is 51.9. The van der Waals surface area contributed by atoms with Crippen molar-refractivity contribution in [2.45, 2.75) is 12.5 Å². The molecule has 0 aromatic carbocycles. The van der Waals surface area contributed by atoms with Crippen molar-refractivity contribution in [3.63, 3.8) is 0 Å². The van der Waals surface area contributed by atoms with Gasteiger partial charge in [-0.25, -0.2) is 0 Å². The average Bonchev–Trinajstić information content (AvgIpc) is 2.69.